The lowest BCUT2D eigenvalue weighted by atomic mass is 10.1. The van der Waals surface area contributed by atoms with Gasteiger partial charge in [-0.2, -0.15) is 26.3 Å². The highest BCUT2D eigenvalue weighted by atomic mass is 35.5. The third-order valence-electron chi connectivity index (χ3n) is 5.33. The molecule has 0 aromatic heterocycles. The molecule has 41 heavy (non-hydrogen) atoms. The van der Waals surface area contributed by atoms with E-state index in [9.17, 15) is 31.1 Å². The molecule has 0 unspecified atom stereocenters. The van der Waals surface area contributed by atoms with Crippen LogP contribution < -0.4 is 14.8 Å². The predicted molar refractivity (Wildman–Crippen MR) is 143 cm³/mol. The van der Waals surface area contributed by atoms with Gasteiger partial charge >= 0.3 is 18.3 Å². The Labute approximate surface area is 238 Å². The van der Waals surface area contributed by atoms with Gasteiger partial charge in [0.25, 0.3) is 0 Å². The molecule has 2 aromatic carbocycles. The Morgan fingerprint density at radius 2 is 1.59 bits per heavy atom. The summed E-state index contributed by atoms with van der Waals surface area (Å²) in [5, 5.41) is 9.40. The van der Waals surface area contributed by atoms with E-state index in [1.54, 1.807) is 18.2 Å². The number of carboxylic acid groups (broad SMARTS) is 1. The minimum atomic E-state index is -5.08. The number of amides is 1. The van der Waals surface area contributed by atoms with Crippen LogP contribution in [0, 0.1) is 0 Å². The van der Waals surface area contributed by atoms with E-state index in [-0.39, 0.29) is 5.56 Å². The number of rotatable bonds is 10. The summed E-state index contributed by atoms with van der Waals surface area (Å²) in [4.78, 5) is 23.5. The van der Waals surface area contributed by atoms with E-state index in [1.807, 2.05) is 0 Å². The first-order chi connectivity index (χ1) is 18.9. The molecule has 0 radical (unpaired) electrons. The summed E-state index contributed by atoms with van der Waals surface area (Å²) >= 11 is 5.63. The number of carbonyl (C=O) groups excluding carboxylic acids is 1. The van der Waals surface area contributed by atoms with E-state index in [1.165, 1.54) is 19.3 Å². The SMILES string of the molecule is COc1ccc(NC(=O)/C=C/c2ccc(Cl)c(C(F)(F)F)c2)cc1OCCN(C(C)C)C(C)C.O=C(O)C(F)(F)F. The fourth-order valence-corrected chi connectivity index (χ4v) is 3.69. The molecule has 7 nitrogen and oxygen atoms in total. The van der Waals surface area contributed by atoms with Crippen LogP contribution in [0.4, 0.5) is 32.0 Å². The van der Waals surface area contributed by atoms with Gasteiger partial charge in [-0.05, 0) is 63.6 Å². The number of hydrogen-bond acceptors (Lipinski definition) is 5. The van der Waals surface area contributed by atoms with Crippen molar-refractivity contribution in [3.8, 4) is 11.5 Å². The van der Waals surface area contributed by atoms with Gasteiger partial charge < -0.3 is 19.9 Å². The quantitative estimate of drug-likeness (QED) is 0.219. The van der Waals surface area contributed by atoms with E-state index in [4.69, 9.17) is 31.0 Å². The predicted octanol–water partition coefficient (Wildman–Crippen LogP) is 7.15. The Morgan fingerprint density at radius 3 is 2.07 bits per heavy atom. The Bertz CT molecular complexity index is 1190. The van der Waals surface area contributed by atoms with Crippen molar-refractivity contribution in [1.29, 1.82) is 0 Å². The molecule has 0 bridgehead atoms. The number of anilines is 1. The van der Waals surface area contributed by atoms with Crippen molar-refractivity contribution in [2.45, 2.75) is 52.1 Å². The molecule has 0 aliphatic heterocycles. The number of aliphatic carboxylic acids is 1. The Hall–Kier alpha value is -3.45. The van der Waals surface area contributed by atoms with Crippen LogP contribution in [-0.2, 0) is 15.8 Å². The maximum atomic E-state index is 13.0. The number of benzene rings is 2. The van der Waals surface area contributed by atoms with Gasteiger partial charge in [0.05, 0.1) is 17.7 Å². The number of ether oxygens (including phenoxy) is 2. The molecule has 0 spiro atoms. The highest BCUT2D eigenvalue weighted by molar-refractivity contribution is 6.31. The van der Waals surface area contributed by atoms with E-state index < -0.39 is 34.8 Å². The Kier molecular flexibility index (Phi) is 13.5. The second-order valence-electron chi connectivity index (χ2n) is 9.00. The smallest absolute Gasteiger partial charge is 0.490 e. The number of carbonyl (C=O) groups is 2. The minimum Gasteiger partial charge on any atom is -0.493 e. The number of halogens is 7. The standard InChI is InChI=1S/C25H30ClF3N2O3.C2HF3O2/c1-16(2)31(17(3)4)12-13-34-23-15-19(8-10-22(23)33-5)30-24(32)11-7-18-6-9-21(26)20(14-18)25(27,28)29;3-2(4,5)1(6)7/h6-11,14-17H,12-13H2,1-5H3,(H,30,32);(H,6,7)/b11-7+;. The van der Waals surface area contributed by atoms with Crippen molar-refractivity contribution in [3.05, 3.63) is 58.6 Å². The van der Waals surface area contributed by atoms with Crippen LogP contribution in [-0.4, -0.2) is 60.4 Å². The van der Waals surface area contributed by atoms with Gasteiger partial charge in [-0.1, -0.05) is 17.7 Å². The van der Waals surface area contributed by atoms with Crippen LogP contribution in [0.5, 0.6) is 11.5 Å². The van der Waals surface area contributed by atoms with Gasteiger partial charge in [-0.25, -0.2) is 4.79 Å². The highest BCUT2D eigenvalue weighted by Gasteiger charge is 2.38. The molecule has 0 aliphatic rings. The fourth-order valence-electron chi connectivity index (χ4n) is 3.46. The number of alkyl halides is 6. The lowest BCUT2D eigenvalue weighted by Gasteiger charge is -2.30. The van der Waals surface area contributed by atoms with Crippen molar-refractivity contribution in [2.24, 2.45) is 0 Å². The van der Waals surface area contributed by atoms with Crippen molar-refractivity contribution < 1.29 is 50.5 Å². The number of methoxy groups -OCH3 is 1. The summed E-state index contributed by atoms with van der Waals surface area (Å²) in [6.07, 6.45) is -7.23. The van der Waals surface area contributed by atoms with E-state index in [2.05, 4.69) is 37.9 Å². The first kappa shape index (κ1) is 35.6. The van der Waals surface area contributed by atoms with E-state index >= 15 is 0 Å². The zero-order chi connectivity index (χ0) is 31.5. The Morgan fingerprint density at radius 1 is 1.00 bits per heavy atom. The molecular formula is C27H31ClF6N2O5. The summed E-state index contributed by atoms with van der Waals surface area (Å²) in [6, 6.07) is 9.15. The lowest BCUT2D eigenvalue weighted by Crippen LogP contribution is -2.39. The molecular weight excluding hydrogens is 582 g/mol. The molecule has 0 heterocycles. The zero-order valence-electron chi connectivity index (χ0n) is 22.9. The molecule has 2 N–H and O–H groups in total. The molecule has 2 aromatic rings. The number of hydrogen-bond donors (Lipinski definition) is 2. The normalized spacial score (nSPS) is 12.0. The third kappa shape index (κ3) is 12.3. The molecule has 0 aliphatic carbocycles. The van der Waals surface area contributed by atoms with Crippen LogP contribution in [0.15, 0.2) is 42.5 Å². The summed E-state index contributed by atoms with van der Waals surface area (Å²) in [7, 11) is 1.53. The topological polar surface area (TPSA) is 88.1 Å². The summed E-state index contributed by atoms with van der Waals surface area (Å²) in [6.45, 7) is 9.65. The molecule has 2 rings (SSSR count). The van der Waals surface area contributed by atoms with Crippen LogP contribution in [0.1, 0.15) is 38.8 Å². The average molecular weight is 613 g/mol. The maximum absolute atomic E-state index is 13.0. The minimum absolute atomic E-state index is 0.200. The van der Waals surface area contributed by atoms with Crippen molar-refractivity contribution in [1.82, 2.24) is 4.90 Å². The van der Waals surface area contributed by atoms with Crippen LogP contribution in [0.3, 0.4) is 0 Å². The second-order valence-corrected chi connectivity index (χ2v) is 9.41. The van der Waals surface area contributed by atoms with Crippen LogP contribution in [0.2, 0.25) is 5.02 Å². The maximum Gasteiger partial charge on any atom is 0.490 e. The molecule has 1 amide bonds. The first-order valence-corrected chi connectivity index (χ1v) is 12.5. The monoisotopic (exact) mass is 612 g/mol. The van der Waals surface area contributed by atoms with Gasteiger partial charge in [0.1, 0.15) is 6.61 Å². The highest BCUT2D eigenvalue weighted by Crippen LogP contribution is 2.35. The number of nitrogens with one attached hydrogen (secondary N) is 1. The second kappa shape index (κ2) is 15.5. The lowest BCUT2D eigenvalue weighted by molar-refractivity contribution is -0.192. The van der Waals surface area contributed by atoms with Crippen LogP contribution >= 0.6 is 11.6 Å². The number of carboxylic acids is 1. The largest absolute Gasteiger partial charge is 0.493 e. The fraction of sp³-hybridized carbons (Fsp3) is 0.407. The molecule has 0 saturated carbocycles. The summed E-state index contributed by atoms with van der Waals surface area (Å²) in [5.74, 6) is -2.27. The third-order valence-corrected chi connectivity index (χ3v) is 5.66. The molecule has 228 valence electrons. The van der Waals surface area contributed by atoms with E-state index in [0.29, 0.717) is 35.9 Å². The van der Waals surface area contributed by atoms with E-state index in [0.717, 1.165) is 24.8 Å². The molecule has 0 saturated heterocycles. The van der Waals surface area contributed by atoms with Crippen LogP contribution in [0.25, 0.3) is 6.08 Å². The summed E-state index contributed by atoms with van der Waals surface area (Å²) < 4.78 is 82.0. The first-order valence-electron chi connectivity index (χ1n) is 12.1. The van der Waals surface area contributed by atoms with Gasteiger partial charge in [-0.15, -0.1) is 0 Å². The number of nitrogens with zero attached hydrogens (tertiary/aromatic N) is 1. The van der Waals surface area contributed by atoms with Gasteiger partial charge in [-0.3, -0.25) is 9.69 Å². The summed E-state index contributed by atoms with van der Waals surface area (Å²) in [5.41, 5.74) is -0.297. The molecule has 0 atom stereocenters. The van der Waals surface area contributed by atoms with Gasteiger partial charge in [0, 0.05) is 36.5 Å². The zero-order valence-corrected chi connectivity index (χ0v) is 23.6. The Balaban J connectivity index is 0.00000106. The molecule has 0 fully saturated rings. The van der Waals surface area contributed by atoms with Gasteiger partial charge in [0.15, 0.2) is 11.5 Å². The van der Waals surface area contributed by atoms with Crippen molar-refractivity contribution in [2.75, 3.05) is 25.6 Å². The van der Waals surface area contributed by atoms with Gasteiger partial charge in [0.2, 0.25) is 5.91 Å². The molecule has 14 heteroatoms. The average Bonchev–Trinajstić information content (AvgIpc) is 2.85. The van der Waals surface area contributed by atoms with Crippen molar-refractivity contribution >= 4 is 35.2 Å². The van der Waals surface area contributed by atoms with Crippen molar-refractivity contribution in [3.63, 3.8) is 0 Å².